The smallest absolute Gasteiger partial charge is 0.326 e. The zero-order chi connectivity index (χ0) is 27.3. The van der Waals surface area contributed by atoms with Crippen LogP contribution in [0.15, 0.2) is 12.5 Å². The molecular weight excluding hydrogens is 474 g/mol. The fourth-order valence-electron chi connectivity index (χ4n) is 3.40. The van der Waals surface area contributed by atoms with Gasteiger partial charge in [-0.05, 0) is 38.1 Å². The third-order valence-electron chi connectivity index (χ3n) is 5.25. The number of rotatable bonds is 17. The Kier molecular flexibility index (Phi) is 13.1. The quantitative estimate of drug-likeness (QED) is 0.112. The second-order valence-corrected chi connectivity index (χ2v) is 8.92. The SMILES string of the molecule is CC(C)CC(N)C(=O)NC(CC(=O)O)C(=O)NC(Cc1cnc[nH]1)C(=O)NC(CCCCN)C(=O)O. The number of carbonyl (C=O) groups excluding carboxylic acids is 3. The lowest BCUT2D eigenvalue weighted by Crippen LogP contribution is -2.58. The molecule has 3 amide bonds. The summed E-state index contributed by atoms with van der Waals surface area (Å²) in [5, 5.41) is 25.9. The number of nitrogens with zero attached hydrogens (tertiary/aromatic N) is 1. The van der Waals surface area contributed by atoms with Crippen molar-refractivity contribution in [1.82, 2.24) is 25.9 Å². The Labute approximate surface area is 209 Å². The summed E-state index contributed by atoms with van der Waals surface area (Å²) in [6.45, 7) is 4.08. The summed E-state index contributed by atoms with van der Waals surface area (Å²) in [7, 11) is 0. The van der Waals surface area contributed by atoms with Gasteiger partial charge in [-0.15, -0.1) is 0 Å². The lowest BCUT2D eigenvalue weighted by molar-refractivity contribution is -0.143. The Morgan fingerprint density at radius 3 is 2.11 bits per heavy atom. The maximum Gasteiger partial charge on any atom is 0.326 e. The highest BCUT2D eigenvalue weighted by Gasteiger charge is 2.31. The molecule has 0 saturated heterocycles. The van der Waals surface area contributed by atoms with E-state index in [1.165, 1.54) is 12.5 Å². The van der Waals surface area contributed by atoms with Crippen LogP contribution in [0.3, 0.4) is 0 Å². The Balaban J connectivity index is 3.04. The van der Waals surface area contributed by atoms with Crippen molar-refractivity contribution in [2.45, 2.75) is 76.5 Å². The maximum absolute atomic E-state index is 13.0. The molecular formula is C22H37N7O7. The summed E-state index contributed by atoms with van der Waals surface area (Å²) in [6.07, 6.45) is 3.44. The Morgan fingerprint density at radius 2 is 1.58 bits per heavy atom. The molecule has 0 aliphatic rings. The van der Waals surface area contributed by atoms with E-state index in [0.29, 0.717) is 31.5 Å². The number of aliphatic carboxylic acids is 2. The van der Waals surface area contributed by atoms with Crippen LogP contribution in [-0.2, 0) is 30.4 Å². The van der Waals surface area contributed by atoms with E-state index >= 15 is 0 Å². The van der Waals surface area contributed by atoms with Gasteiger partial charge in [0.2, 0.25) is 17.7 Å². The number of carboxylic acids is 2. The van der Waals surface area contributed by atoms with Crippen LogP contribution in [0.2, 0.25) is 0 Å². The minimum absolute atomic E-state index is 0.0898. The average molecular weight is 512 g/mol. The van der Waals surface area contributed by atoms with E-state index in [1.54, 1.807) is 0 Å². The van der Waals surface area contributed by atoms with E-state index in [4.69, 9.17) is 11.5 Å². The molecule has 4 atom stereocenters. The number of amides is 3. The number of hydrogen-bond donors (Lipinski definition) is 8. The minimum Gasteiger partial charge on any atom is -0.481 e. The normalized spacial score (nSPS) is 14.4. The minimum atomic E-state index is -1.51. The first-order chi connectivity index (χ1) is 16.9. The van der Waals surface area contributed by atoms with Gasteiger partial charge in [-0.2, -0.15) is 0 Å². The third kappa shape index (κ3) is 11.3. The van der Waals surface area contributed by atoms with E-state index < -0.39 is 60.2 Å². The van der Waals surface area contributed by atoms with E-state index in [2.05, 4.69) is 25.9 Å². The molecule has 36 heavy (non-hydrogen) atoms. The van der Waals surface area contributed by atoms with Gasteiger partial charge in [0.25, 0.3) is 0 Å². The Hall–Kier alpha value is -3.52. The number of carbonyl (C=O) groups is 5. The molecule has 14 heteroatoms. The number of carboxylic acid groups (broad SMARTS) is 2. The first-order valence-electron chi connectivity index (χ1n) is 11.7. The van der Waals surface area contributed by atoms with Crippen molar-refractivity contribution >= 4 is 29.7 Å². The highest BCUT2D eigenvalue weighted by Crippen LogP contribution is 2.07. The van der Waals surface area contributed by atoms with Crippen molar-refractivity contribution < 1.29 is 34.2 Å². The number of nitrogens with two attached hydrogens (primary N) is 2. The van der Waals surface area contributed by atoms with Crippen molar-refractivity contribution in [2.75, 3.05) is 6.54 Å². The molecule has 1 aromatic heterocycles. The number of H-pyrrole nitrogens is 1. The fourth-order valence-corrected chi connectivity index (χ4v) is 3.40. The van der Waals surface area contributed by atoms with Gasteiger partial charge in [-0.1, -0.05) is 13.8 Å². The third-order valence-corrected chi connectivity index (χ3v) is 5.25. The lowest BCUT2D eigenvalue weighted by Gasteiger charge is -2.24. The number of hydrogen-bond acceptors (Lipinski definition) is 8. The van der Waals surface area contributed by atoms with Gasteiger partial charge in [0.15, 0.2) is 0 Å². The van der Waals surface area contributed by atoms with Gasteiger partial charge >= 0.3 is 11.9 Å². The lowest BCUT2D eigenvalue weighted by atomic mass is 10.0. The molecule has 1 heterocycles. The van der Waals surface area contributed by atoms with Gasteiger partial charge < -0.3 is 42.6 Å². The molecule has 0 saturated carbocycles. The van der Waals surface area contributed by atoms with Crippen LogP contribution < -0.4 is 27.4 Å². The van der Waals surface area contributed by atoms with Crippen LogP contribution in [0, 0.1) is 5.92 Å². The van der Waals surface area contributed by atoms with E-state index in [0.717, 1.165) is 0 Å². The Bertz CT molecular complexity index is 876. The molecule has 0 fully saturated rings. The number of aromatic nitrogens is 2. The van der Waals surface area contributed by atoms with Crippen LogP contribution in [0.5, 0.6) is 0 Å². The second kappa shape index (κ2) is 15.5. The van der Waals surface area contributed by atoms with Crippen molar-refractivity contribution in [1.29, 1.82) is 0 Å². The van der Waals surface area contributed by atoms with Gasteiger partial charge in [-0.25, -0.2) is 9.78 Å². The molecule has 0 radical (unpaired) electrons. The molecule has 202 valence electrons. The van der Waals surface area contributed by atoms with Crippen molar-refractivity contribution in [2.24, 2.45) is 17.4 Å². The highest BCUT2D eigenvalue weighted by molar-refractivity contribution is 5.95. The Morgan fingerprint density at radius 1 is 0.972 bits per heavy atom. The first-order valence-corrected chi connectivity index (χ1v) is 11.7. The standard InChI is InChI=1S/C22H37N7O7/c1-12(2)7-14(24)19(32)28-17(9-18(30)31)21(34)29-16(8-13-10-25-11-26-13)20(33)27-15(22(35)36)5-3-4-6-23/h10-12,14-17H,3-9,23-24H2,1-2H3,(H,25,26)(H,27,33)(H,28,32)(H,29,34)(H,30,31)(H,35,36). The number of unbranched alkanes of at least 4 members (excludes halogenated alkanes) is 1. The molecule has 4 unspecified atom stereocenters. The molecule has 10 N–H and O–H groups in total. The molecule has 0 spiro atoms. The van der Waals surface area contributed by atoms with Crippen molar-refractivity contribution in [3.8, 4) is 0 Å². The zero-order valence-electron chi connectivity index (χ0n) is 20.5. The van der Waals surface area contributed by atoms with Gasteiger partial charge in [0.1, 0.15) is 18.1 Å². The molecule has 1 aromatic rings. The average Bonchev–Trinajstić information content (AvgIpc) is 3.29. The highest BCUT2D eigenvalue weighted by atomic mass is 16.4. The fraction of sp³-hybridized carbons (Fsp3) is 0.636. The van der Waals surface area contributed by atoms with Crippen LogP contribution in [0.1, 0.15) is 51.6 Å². The summed E-state index contributed by atoms with van der Waals surface area (Å²) in [5.74, 6) is -4.94. The summed E-state index contributed by atoms with van der Waals surface area (Å²) >= 11 is 0. The van der Waals surface area contributed by atoms with E-state index in [-0.39, 0.29) is 18.8 Å². The summed E-state index contributed by atoms with van der Waals surface area (Å²) in [5.41, 5.74) is 11.7. The van der Waals surface area contributed by atoms with Gasteiger partial charge in [-0.3, -0.25) is 19.2 Å². The number of nitrogens with one attached hydrogen (secondary N) is 4. The topological polar surface area (TPSA) is 243 Å². The zero-order valence-corrected chi connectivity index (χ0v) is 20.5. The summed E-state index contributed by atoms with van der Waals surface area (Å²) in [6, 6.07) is -4.96. The molecule has 14 nitrogen and oxygen atoms in total. The maximum atomic E-state index is 13.0. The van der Waals surface area contributed by atoms with E-state index in [9.17, 15) is 34.2 Å². The van der Waals surface area contributed by atoms with Crippen LogP contribution in [0.4, 0.5) is 0 Å². The molecule has 0 bridgehead atoms. The van der Waals surface area contributed by atoms with E-state index in [1.807, 2.05) is 13.8 Å². The predicted octanol–water partition coefficient (Wildman–Crippen LogP) is -1.53. The summed E-state index contributed by atoms with van der Waals surface area (Å²) < 4.78 is 0. The van der Waals surface area contributed by atoms with Crippen LogP contribution in [-0.4, -0.2) is 80.6 Å². The summed E-state index contributed by atoms with van der Waals surface area (Å²) in [4.78, 5) is 68.0. The monoisotopic (exact) mass is 511 g/mol. The second-order valence-electron chi connectivity index (χ2n) is 8.92. The first kappa shape index (κ1) is 30.5. The van der Waals surface area contributed by atoms with Crippen molar-refractivity contribution in [3.05, 3.63) is 18.2 Å². The number of aromatic amines is 1. The molecule has 0 aliphatic carbocycles. The van der Waals surface area contributed by atoms with Gasteiger partial charge in [0, 0.05) is 18.3 Å². The molecule has 0 aromatic carbocycles. The molecule has 1 rings (SSSR count). The largest absolute Gasteiger partial charge is 0.481 e. The predicted molar refractivity (Wildman–Crippen MR) is 128 cm³/mol. The van der Waals surface area contributed by atoms with Gasteiger partial charge in [0.05, 0.1) is 18.8 Å². The van der Waals surface area contributed by atoms with Crippen LogP contribution in [0.25, 0.3) is 0 Å². The van der Waals surface area contributed by atoms with Crippen LogP contribution >= 0.6 is 0 Å². The van der Waals surface area contributed by atoms with Crippen molar-refractivity contribution in [3.63, 3.8) is 0 Å². The molecule has 0 aliphatic heterocycles. The number of imidazole rings is 1.